The molecule has 1 fully saturated rings. The smallest absolute Gasteiger partial charge is 0.459 e. The van der Waals surface area contributed by atoms with Gasteiger partial charge < -0.3 is 13.7 Å². The normalized spacial score (nSPS) is 28.9. The van der Waals surface area contributed by atoms with Crippen molar-refractivity contribution in [1.82, 2.24) is 0 Å². The van der Waals surface area contributed by atoms with Gasteiger partial charge in [-0.15, -0.1) is 0 Å². The number of hydrogen-bond donors (Lipinski definition) is 0. The number of ether oxygens (including phenoxy) is 2. The van der Waals surface area contributed by atoms with Crippen LogP contribution in [0.15, 0.2) is 12.0 Å². The number of rotatable bonds is 2. The Hall–Kier alpha value is -0.960. The van der Waals surface area contributed by atoms with Crippen LogP contribution in [0.25, 0.3) is 0 Å². The highest BCUT2D eigenvalue weighted by Crippen LogP contribution is 2.32. The van der Waals surface area contributed by atoms with E-state index in [-0.39, 0.29) is 12.5 Å². The van der Waals surface area contributed by atoms with Crippen molar-refractivity contribution >= 4 is 10.1 Å². The minimum Gasteiger partial charge on any atom is -0.459 e. The van der Waals surface area contributed by atoms with Gasteiger partial charge in [-0.1, -0.05) is 0 Å². The first-order valence-corrected chi connectivity index (χ1v) is 6.69. The first kappa shape index (κ1) is 13.5. The van der Waals surface area contributed by atoms with E-state index in [4.69, 9.17) is 9.47 Å². The third-order valence-electron chi connectivity index (χ3n) is 2.64. The summed E-state index contributed by atoms with van der Waals surface area (Å²) in [5.41, 5.74) is -5.46. The minimum atomic E-state index is -5.67. The molecule has 2 atom stereocenters. The number of hydrogen-bond acceptors (Lipinski definition) is 5. The molecule has 0 saturated carbocycles. The Kier molecular flexibility index (Phi) is 3.45. The molecule has 0 N–H and O–H groups in total. The van der Waals surface area contributed by atoms with Gasteiger partial charge in [0.1, 0.15) is 6.10 Å². The summed E-state index contributed by atoms with van der Waals surface area (Å²) in [6.45, 7) is 0.565. The second kappa shape index (κ2) is 4.61. The molecule has 104 valence electrons. The fraction of sp³-hybridized carbons (Fsp3) is 0.778. The number of alkyl halides is 3. The molecule has 0 radical (unpaired) electrons. The Bertz CT molecular complexity index is 442. The average molecular weight is 288 g/mol. The van der Waals surface area contributed by atoms with E-state index in [2.05, 4.69) is 4.18 Å². The summed E-state index contributed by atoms with van der Waals surface area (Å²) in [4.78, 5) is 0. The SMILES string of the molecule is O=S(=O)(OC1=CC[C@H]2OCCC[C@@H]2O1)C(F)(F)F. The second-order valence-corrected chi connectivity index (χ2v) is 5.49. The van der Waals surface area contributed by atoms with Gasteiger partial charge in [-0.25, -0.2) is 0 Å². The molecule has 0 spiro atoms. The molecule has 2 aliphatic rings. The molecule has 0 aromatic rings. The Morgan fingerprint density at radius 1 is 1.33 bits per heavy atom. The van der Waals surface area contributed by atoms with Crippen LogP contribution in [-0.2, 0) is 23.8 Å². The van der Waals surface area contributed by atoms with Crippen molar-refractivity contribution in [1.29, 1.82) is 0 Å². The van der Waals surface area contributed by atoms with Gasteiger partial charge in [-0.3, -0.25) is 0 Å². The summed E-state index contributed by atoms with van der Waals surface area (Å²) in [7, 11) is -5.67. The highest BCUT2D eigenvalue weighted by Gasteiger charge is 2.49. The van der Waals surface area contributed by atoms with Gasteiger partial charge in [0.2, 0.25) is 0 Å². The highest BCUT2D eigenvalue weighted by atomic mass is 32.2. The molecule has 0 aliphatic carbocycles. The van der Waals surface area contributed by atoms with Gasteiger partial charge >= 0.3 is 15.6 Å². The predicted molar refractivity (Wildman–Crippen MR) is 52.6 cm³/mol. The second-order valence-electron chi connectivity index (χ2n) is 3.95. The van der Waals surface area contributed by atoms with Gasteiger partial charge in [0, 0.05) is 19.1 Å². The van der Waals surface area contributed by atoms with Gasteiger partial charge in [-0.2, -0.15) is 21.6 Å². The molecule has 0 bridgehead atoms. The summed E-state index contributed by atoms with van der Waals surface area (Å²) < 4.78 is 72.2. The third-order valence-corrected chi connectivity index (χ3v) is 3.59. The molecule has 5 nitrogen and oxygen atoms in total. The van der Waals surface area contributed by atoms with E-state index in [0.29, 0.717) is 19.4 Å². The summed E-state index contributed by atoms with van der Waals surface area (Å²) in [5.74, 6) is -0.626. The van der Waals surface area contributed by atoms with Crippen LogP contribution in [-0.4, -0.2) is 32.7 Å². The maximum atomic E-state index is 12.1. The van der Waals surface area contributed by atoms with Gasteiger partial charge in [-0.05, 0) is 12.8 Å². The molecule has 0 amide bonds. The Labute approximate surface area is 102 Å². The predicted octanol–water partition coefficient (Wildman–Crippen LogP) is 1.66. The molecule has 2 heterocycles. The monoisotopic (exact) mass is 288 g/mol. The molecule has 18 heavy (non-hydrogen) atoms. The van der Waals surface area contributed by atoms with Crippen LogP contribution in [0.5, 0.6) is 0 Å². The Morgan fingerprint density at radius 2 is 2.06 bits per heavy atom. The van der Waals surface area contributed by atoms with Crippen molar-refractivity contribution < 1.29 is 35.2 Å². The quantitative estimate of drug-likeness (QED) is 0.571. The number of halogens is 3. The maximum Gasteiger partial charge on any atom is 0.534 e. The van der Waals surface area contributed by atoms with E-state index in [0.717, 1.165) is 6.08 Å². The topological polar surface area (TPSA) is 61.8 Å². The molecule has 9 heteroatoms. The van der Waals surface area contributed by atoms with Crippen molar-refractivity contribution in [2.45, 2.75) is 37.0 Å². The Morgan fingerprint density at radius 3 is 2.72 bits per heavy atom. The highest BCUT2D eigenvalue weighted by molar-refractivity contribution is 7.87. The molecular formula is C9H11F3O5S. The first-order chi connectivity index (χ1) is 8.29. The summed E-state index contributed by atoms with van der Waals surface area (Å²) >= 11 is 0. The fourth-order valence-electron chi connectivity index (χ4n) is 1.79. The minimum absolute atomic E-state index is 0.250. The van der Waals surface area contributed by atoms with Gasteiger partial charge in [0.15, 0.2) is 0 Å². The van der Waals surface area contributed by atoms with Crippen molar-refractivity contribution in [3.63, 3.8) is 0 Å². The lowest BCUT2D eigenvalue weighted by Crippen LogP contribution is -2.39. The molecular weight excluding hydrogens is 277 g/mol. The van der Waals surface area contributed by atoms with E-state index >= 15 is 0 Å². The van der Waals surface area contributed by atoms with E-state index in [1.807, 2.05) is 0 Å². The Balaban J connectivity index is 2.05. The average Bonchev–Trinajstić information content (AvgIpc) is 2.27. The van der Waals surface area contributed by atoms with Crippen molar-refractivity contribution in [2.24, 2.45) is 0 Å². The van der Waals surface area contributed by atoms with Crippen molar-refractivity contribution in [2.75, 3.05) is 6.61 Å². The van der Waals surface area contributed by atoms with Crippen LogP contribution in [0.4, 0.5) is 13.2 Å². The number of fused-ring (bicyclic) bond motifs is 1. The van der Waals surface area contributed by atoms with Gasteiger partial charge in [0.25, 0.3) is 5.95 Å². The van der Waals surface area contributed by atoms with Crippen molar-refractivity contribution in [3.05, 3.63) is 12.0 Å². The van der Waals surface area contributed by atoms with Crippen LogP contribution in [0.1, 0.15) is 19.3 Å². The fourth-order valence-corrected chi connectivity index (χ4v) is 2.20. The van der Waals surface area contributed by atoms with Crippen LogP contribution < -0.4 is 0 Å². The lowest BCUT2D eigenvalue weighted by molar-refractivity contribution is -0.116. The lowest BCUT2D eigenvalue weighted by atomic mass is 10.0. The zero-order valence-electron chi connectivity index (χ0n) is 9.14. The van der Waals surface area contributed by atoms with E-state index in [1.165, 1.54) is 0 Å². The summed E-state index contributed by atoms with van der Waals surface area (Å²) in [6, 6.07) is 0. The zero-order chi connectivity index (χ0) is 13.4. The van der Waals surface area contributed by atoms with Gasteiger partial charge in [0.05, 0.1) is 6.10 Å². The van der Waals surface area contributed by atoms with Crippen LogP contribution >= 0.6 is 0 Å². The third kappa shape index (κ3) is 2.72. The van der Waals surface area contributed by atoms with E-state index < -0.39 is 27.7 Å². The van der Waals surface area contributed by atoms with E-state index in [1.54, 1.807) is 0 Å². The van der Waals surface area contributed by atoms with Crippen LogP contribution in [0, 0.1) is 0 Å². The van der Waals surface area contributed by atoms with Crippen molar-refractivity contribution in [3.8, 4) is 0 Å². The van der Waals surface area contributed by atoms with Crippen LogP contribution in [0.3, 0.4) is 0 Å². The largest absolute Gasteiger partial charge is 0.534 e. The zero-order valence-corrected chi connectivity index (χ0v) is 9.96. The lowest BCUT2D eigenvalue weighted by Gasteiger charge is -2.34. The van der Waals surface area contributed by atoms with E-state index in [9.17, 15) is 21.6 Å². The molecule has 0 unspecified atom stereocenters. The molecule has 1 saturated heterocycles. The molecule has 2 aliphatic heterocycles. The summed E-state index contributed by atoms with van der Waals surface area (Å²) in [6.07, 6.45) is 2.02. The maximum absolute atomic E-state index is 12.1. The molecule has 0 aromatic carbocycles. The standard InChI is InChI=1S/C9H11F3O5S/c10-9(11,12)18(13,14)17-8-4-3-6-7(16-8)2-1-5-15-6/h4,6-7H,1-3,5H2/t6-,7+/m1/s1. The first-order valence-electron chi connectivity index (χ1n) is 5.29. The molecule has 0 aromatic heterocycles. The van der Waals surface area contributed by atoms with Crippen LogP contribution in [0.2, 0.25) is 0 Å². The molecule has 2 rings (SSSR count). The summed E-state index contributed by atoms with van der Waals surface area (Å²) in [5, 5.41) is 0.